The van der Waals surface area contributed by atoms with Gasteiger partial charge in [0.25, 0.3) is 11.6 Å². The Bertz CT molecular complexity index is 1000. The normalized spacial score (nSPS) is 17.6. The molecule has 0 bridgehead atoms. The van der Waals surface area contributed by atoms with Crippen molar-refractivity contribution >= 4 is 23.0 Å². The first-order valence-electron chi connectivity index (χ1n) is 10.3. The molecule has 2 aliphatic heterocycles. The van der Waals surface area contributed by atoms with Crippen LogP contribution in [-0.4, -0.2) is 49.8 Å². The summed E-state index contributed by atoms with van der Waals surface area (Å²) in [7, 11) is 0. The van der Waals surface area contributed by atoms with Gasteiger partial charge in [-0.1, -0.05) is 0 Å². The number of ether oxygens (including phenoxy) is 3. The number of nitro groups is 1. The molecular weight excluding hydrogens is 402 g/mol. The summed E-state index contributed by atoms with van der Waals surface area (Å²) in [5.74, 6) is 0.801. The summed E-state index contributed by atoms with van der Waals surface area (Å²) in [4.78, 5) is 26.0. The minimum atomic E-state index is -0.460. The number of hydrogen-bond donors (Lipinski definition) is 1. The van der Waals surface area contributed by atoms with E-state index in [1.807, 2.05) is 24.8 Å². The molecule has 2 aromatic carbocycles. The summed E-state index contributed by atoms with van der Waals surface area (Å²) in [6.45, 7) is 6.45. The number of nitrogens with one attached hydrogen (secondary N) is 1. The Kier molecular flexibility index (Phi) is 5.94. The van der Waals surface area contributed by atoms with Crippen molar-refractivity contribution < 1.29 is 23.9 Å². The van der Waals surface area contributed by atoms with Crippen LogP contribution in [0.4, 0.5) is 17.1 Å². The SMILES string of the molecule is CCOc1cc2c(cc1NC(=O)c1ccc(N3CCOCC3)c([N+](=O)[O-])c1)O[C@@H](C)C2. The largest absolute Gasteiger partial charge is 0.492 e. The standard InChI is InChI=1S/C22H25N3O6/c1-3-30-21-12-16-10-14(2)31-20(16)13-17(21)23-22(26)15-4-5-18(19(11-15)25(27)28)24-6-8-29-9-7-24/h4-5,11-14H,3,6-10H2,1-2H3,(H,23,26)/t14-/m0/s1. The molecule has 1 fully saturated rings. The number of morpholine rings is 1. The fraction of sp³-hybridized carbons (Fsp3) is 0.409. The summed E-state index contributed by atoms with van der Waals surface area (Å²) in [6, 6.07) is 8.15. The molecule has 1 saturated heterocycles. The second kappa shape index (κ2) is 8.81. The highest BCUT2D eigenvalue weighted by Crippen LogP contribution is 2.38. The monoisotopic (exact) mass is 427 g/mol. The molecule has 9 heteroatoms. The first-order chi connectivity index (χ1) is 15.0. The number of hydrogen-bond acceptors (Lipinski definition) is 7. The van der Waals surface area contributed by atoms with Crippen LogP contribution in [0, 0.1) is 10.1 Å². The van der Waals surface area contributed by atoms with E-state index in [2.05, 4.69) is 5.32 Å². The van der Waals surface area contributed by atoms with Gasteiger partial charge in [-0.25, -0.2) is 0 Å². The molecule has 31 heavy (non-hydrogen) atoms. The first-order valence-corrected chi connectivity index (χ1v) is 10.3. The average molecular weight is 427 g/mol. The van der Waals surface area contributed by atoms with E-state index in [1.165, 1.54) is 6.07 Å². The van der Waals surface area contributed by atoms with E-state index in [1.54, 1.807) is 18.2 Å². The van der Waals surface area contributed by atoms with Crippen LogP contribution < -0.4 is 19.7 Å². The maximum atomic E-state index is 12.9. The van der Waals surface area contributed by atoms with Crippen molar-refractivity contribution in [3.8, 4) is 11.5 Å². The summed E-state index contributed by atoms with van der Waals surface area (Å²) in [5.41, 5.74) is 2.07. The zero-order valence-electron chi connectivity index (χ0n) is 17.6. The van der Waals surface area contributed by atoms with E-state index in [0.717, 1.165) is 12.0 Å². The molecule has 1 atom stereocenters. The second-order valence-electron chi connectivity index (χ2n) is 7.54. The number of carbonyl (C=O) groups excluding carboxylic acids is 1. The molecule has 2 aliphatic rings. The maximum Gasteiger partial charge on any atom is 0.293 e. The fourth-order valence-electron chi connectivity index (χ4n) is 3.89. The molecule has 0 spiro atoms. The van der Waals surface area contributed by atoms with Crippen molar-refractivity contribution in [3.05, 3.63) is 51.6 Å². The zero-order chi connectivity index (χ0) is 22.0. The third-order valence-electron chi connectivity index (χ3n) is 5.33. The molecule has 2 aromatic rings. The van der Waals surface area contributed by atoms with Crippen LogP contribution in [0.15, 0.2) is 30.3 Å². The van der Waals surface area contributed by atoms with Gasteiger partial charge in [0.05, 0.1) is 30.4 Å². The number of rotatable bonds is 6. The minimum Gasteiger partial charge on any atom is -0.492 e. The Balaban J connectivity index is 1.61. The molecule has 164 valence electrons. The van der Waals surface area contributed by atoms with E-state index in [-0.39, 0.29) is 17.4 Å². The van der Waals surface area contributed by atoms with Gasteiger partial charge in [-0.05, 0) is 32.0 Å². The topological polar surface area (TPSA) is 103 Å². The molecule has 4 rings (SSSR count). The third kappa shape index (κ3) is 4.41. The Labute approximate surface area is 180 Å². The van der Waals surface area contributed by atoms with Gasteiger partial charge < -0.3 is 24.4 Å². The molecule has 1 amide bonds. The smallest absolute Gasteiger partial charge is 0.293 e. The van der Waals surface area contributed by atoms with Crippen LogP contribution in [-0.2, 0) is 11.2 Å². The molecule has 1 N–H and O–H groups in total. The second-order valence-corrected chi connectivity index (χ2v) is 7.54. The van der Waals surface area contributed by atoms with Crippen molar-refractivity contribution in [2.24, 2.45) is 0 Å². The predicted octanol–water partition coefficient (Wildman–Crippen LogP) is 3.41. The number of nitrogens with zero attached hydrogens (tertiary/aromatic N) is 2. The highest BCUT2D eigenvalue weighted by atomic mass is 16.6. The number of nitro benzene ring substituents is 1. The minimum absolute atomic E-state index is 0.0609. The van der Waals surface area contributed by atoms with Crippen LogP contribution in [0.2, 0.25) is 0 Å². The number of fused-ring (bicyclic) bond motifs is 1. The zero-order valence-corrected chi connectivity index (χ0v) is 17.6. The van der Waals surface area contributed by atoms with Crippen LogP contribution in [0.3, 0.4) is 0 Å². The number of anilines is 2. The molecule has 0 unspecified atom stereocenters. The van der Waals surface area contributed by atoms with Crippen molar-refractivity contribution in [3.63, 3.8) is 0 Å². The van der Waals surface area contributed by atoms with Gasteiger partial charge in [-0.3, -0.25) is 14.9 Å². The Hall–Kier alpha value is -3.33. The Morgan fingerprint density at radius 3 is 2.77 bits per heavy atom. The van der Waals surface area contributed by atoms with Crippen LogP contribution >= 0.6 is 0 Å². The number of benzene rings is 2. The van der Waals surface area contributed by atoms with E-state index in [9.17, 15) is 14.9 Å². The first kappa shape index (κ1) is 20.9. The van der Waals surface area contributed by atoms with E-state index in [4.69, 9.17) is 14.2 Å². The third-order valence-corrected chi connectivity index (χ3v) is 5.33. The molecular formula is C22H25N3O6. The Morgan fingerprint density at radius 2 is 2.06 bits per heavy atom. The highest BCUT2D eigenvalue weighted by Gasteiger charge is 2.25. The van der Waals surface area contributed by atoms with Gasteiger partial charge in [-0.2, -0.15) is 0 Å². The van der Waals surface area contributed by atoms with Gasteiger partial charge in [0.1, 0.15) is 23.3 Å². The van der Waals surface area contributed by atoms with Gasteiger partial charge >= 0.3 is 0 Å². The van der Waals surface area contributed by atoms with Crippen LogP contribution in [0.25, 0.3) is 0 Å². The number of amides is 1. The van der Waals surface area contributed by atoms with Crippen LogP contribution in [0.5, 0.6) is 11.5 Å². The molecule has 9 nitrogen and oxygen atoms in total. The van der Waals surface area contributed by atoms with E-state index in [0.29, 0.717) is 55.8 Å². The van der Waals surface area contributed by atoms with Crippen molar-refractivity contribution in [2.45, 2.75) is 26.4 Å². The summed E-state index contributed by atoms with van der Waals surface area (Å²) in [5, 5.41) is 14.5. The Morgan fingerprint density at radius 1 is 1.29 bits per heavy atom. The lowest BCUT2D eigenvalue weighted by Gasteiger charge is -2.28. The summed E-state index contributed by atoms with van der Waals surface area (Å²) < 4.78 is 16.8. The van der Waals surface area contributed by atoms with Gasteiger partial charge in [0.15, 0.2) is 0 Å². The summed E-state index contributed by atoms with van der Waals surface area (Å²) >= 11 is 0. The van der Waals surface area contributed by atoms with Crippen molar-refractivity contribution in [2.75, 3.05) is 43.1 Å². The maximum absolute atomic E-state index is 12.9. The summed E-state index contributed by atoms with van der Waals surface area (Å²) in [6.07, 6.45) is 0.838. The molecule has 0 aromatic heterocycles. The van der Waals surface area contributed by atoms with E-state index >= 15 is 0 Å². The molecule has 0 aliphatic carbocycles. The highest BCUT2D eigenvalue weighted by molar-refractivity contribution is 6.06. The molecule has 2 heterocycles. The number of carbonyl (C=O) groups is 1. The fourth-order valence-corrected chi connectivity index (χ4v) is 3.89. The van der Waals surface area contributed by atoms with Gasteiger partial charge in [-0.15, -0.1) is 0 Å². The van der Waals surface area contributed by atoms with Crippen molar-refractivity contribution in [1.82, 2.24) is 0 Å². The lowest BCUT2D eigenvalue weighted by molar-refractivity contribution is -0.384. The van der Waals surface area contributed by atoms with Crippen molar-refractivity contribution in [1.29, 1.82) is 0 Å². The van der Waals surface area contributed by atoms with Crippen LogP contribution in [0.1, 0.15) is 29.8 Å². The molecule has 0 radical (unpaired) electrons. The van der Waals surface area contributed by atoms with Gasteiger partial charge in [0.2, 0.25) is 0 Å². The lowest BCUT2D eigenvalue weighted by atomic mass is 10.1. The molecule has 0 saturated carbocycles. The predicted molar refractivity (Wildman–Crippen MR) is 115 cm³/mol. The van der Waals surface area contributed by atoms with Gasteiger partial charge in [0, 0.05) is 42.8 Å². The lowest BCUT2D eigenvalue weighted by Crippen LogP contribution is -2.36. The quantitative estimate of drug-likeness (QED) is 0.557. The van der Waals surface area contributed by atoms with E-state index < -0.39 is 10.8 Å². The average Bonchev–Trinajstić information content (AvgIpc) is 3.13.